The van der Waals surface area contributed by atoms with E-state index in [1.54, 1.807) is 6.20 Å². The van der Waals surface area contributed by atoms with Crippen molar-refractivity contribution in [2.75, 3.05) is 5.73 Å². The first-order chi connectivity index (χ1) is 9.16. The molecule has 3 aromatic rings. The molecule has 1 unspecified atom stereocenters. The number of anilines is 1. The van der Waals surface area contributed by atoms with Gasteiger partial charge in [-0.05, 0) is 51.9 Å². The minimum atomic E-state index is 0.133. The number of aromatic nitrogens is 2. The Hall–Kier alpha value is -1.56. The van der Waals surface area contributed by atoms with Gasteiger partial charge >= 0.3 is 0 Å². The van der Waals surface area contributed by atoms with Crippen LogP contribution in [0, 0.1) is 3.57 Å². The van der Waals surface area contributed by atoms with Crippen LogP contribution in [0.3, 0.4) is 0 Å². The molecule has 19 heavy (non-hydrogen) atoms. The molecular formula is C15H14IN3. The summed E-state index contributed by atoms with van der Waals surface area (Å²) in [5.74, 6) is 0.723. The van der Waals surface area contributed by atoms with Gasteiger partial charge in [-0.2, -0.15) is 5.10 Å². The van der Waals surface area contributed by atoms with E-state index in [2.05, 4.69) is 77.1 Å². The van der Waals surface area contributed by atoms with Gasteiger partial charge in [0.15, 0.2) is 0 Å². The molecule has 96 valence electrons. The summed E-state index contributed by atoms with van der Waals surface area (Å²) in [7, 11) is 0. The van der Waals surface area contributed by atoms with Gasteiger partial charge in [-0.3, -0.25) is 0 Å². The van der Waals surface area contributed by atoms with Gasteiger partial charge in [0.1, 0.15) is 5.82 Å². The van der Waals surface area contributed by atoms with Crippen LogP contribution in [0.15, 0.2) is 48.7 Å². The van der Waals surface area contributed by atoms with Crippen molar-refractivity contribution >= 4 is 39.2 Å². The third-order valence-corrected chi connectivity index (χ3v) is 4.24. The standard InChI is InChI=1S/C15H14IN3/c1-10(19-15(17)14(16)9-18-19)12-7-6-11-4-2-3-5-13(11)8-12/h2-10H,17H2,1H3. The van der Waals surface area contributed by atoms with Crippen LogP contribution in [0.5, 0.6) is 0 Å². The lowest BCUT2D eigenvalue weighted by molar-refractivity contribution is 0.573. The van der Waals surface area contributed by atoms with Crippen LogP contribution in [-0.4, -0.2) is 9.78 Å². The Kier molecular flexibility index (Phi) is 3.18. The van der Waals surface area contributed by atoms with E-state index >= 15 is 0 Å². The maximum Gasteiger partial charge on any atom is 0.135 e. The van der Waals surface area contributed by atoms with Gasteiger partial charge in [0, 0.05) is 0 Å². The molecule has 2 aromatic carbocycles. The lowest BCUT2D eigenvalue weighted by atomic mass is 10.0. The number of fused-ring (bicyclic) bond motifs is 1. The first-order valence-corrected chi connectivity index (χ1v) is 7.22. The summed E-state index contributed by atoms with van der Waals surface area (Å²) in [6.45, 7) is 2.11. The van der Waals surface area contributed by atoms with Crippen molar-refractivity contribution in [2.24, 2.45) is 0 Å². The Morgan fingerprint density at radius 2 is 1.89 bits per heavy atom. The smallest absolute Gasteiger partial charge is 0.135 e. The summed E-state index contributed by atoms with van der Waals surface area (Å²) in [4.78, 5) is 0. The zero-order valence-electron chi connectivity index (χ0n) is 10.5. The van der Waals surface area contributed by atoms with Crippen molar-refractivity contribution in [2.45, 2.75) is 13.0 Å². The van der Waals surface area contributed by atoms with Crippen LogP contribution >= 0.6 is 22.6 Å². The van der Waals surface area contributed by atoms with Crippen molar-refractivity contribution in [3.05, 3.63) is 57.8 Å². The predicted octanol–water partition coefficient (Wildman–Crippen LogP) is 3.83. The molecule has 1 heterocycles. The summed E-state index contributed by atoms with van der Waals surface area (Å²) in [6, 6.07) is 15.0. The zero-order chi connectivity index (χ0) is 13.4. The van der Waals surface area contributed by atoms with Crippen LogP contribution in [0.1, 0.15) is 18.5 Å². The molecule has 2 N–H and O–H groups in total. The summed E-state index contributed by atoms with van der Waals surface area (Å²) in [5, 5.41) is 6.85. The summed E-state index contributed by atoms with van der Waals surface area (Å²) in [6.07, 6.45) is 1.80. The van der Waals surface area contributed by atoms with E-state index < -0.39 is 0 Å². The Balaban J connectivity index is 2.06. The average molecular weight is 363 g/mol. The Morgan fingerprint density at radius 1 is 1.16 bits per heavy atom. The molecule has 0 aliphatic rings. The summed E-state index contributed by atoms with van der Waals surface area (Å²) < 4.78 is 2.86. The molecule has 0 aliphatic heterocycles. The molecule has 0 saturated heterocycles. The minimum absolute atomic E-state index is 0.133. The first-order valence-electron chi connectivity index (χ1n) is 6.14. The van der Waals surface area contributed by atoms with E-state index in [0.29, 0.717) is 0 Å². The van der Waals surface area contributed by atoms with Gasteiger partial charge < -0.3 is 5.73 Å². The van der Waals surface area contributed by atoms with E-state index in [0.717, 1.165) is 9.39 Å². The highest BCUT2D eigenvalue weighted by atomic mass is 127. The number of nitrogens with zero attached hydrogens (tertiary/aromatic N) is 2. The largest absolute Gasteiger partial charge is 0.383 e. The minimum Gasteiger partial charge on any atom is -0.383 e. The van der Waals surface area contributed by atoms with Crippen molar-refractivity contribution < 1.29 is 0 Å². The zero-order valence-corrected chi connectivity index (χ0v) is 12.7. The van der Waals surface area contributed by atoms with Crippen LogP contribution < -0.4 is 5.73 Å². The van der Waals surface area contributed by atoms with Gasteiger partial charge in [-0.25, -0.2) is 4.68 Å². The maximum absolute atomic E-state index is 6.05. The topological polar surface area (TPSA) is 43.8 Å². The van der Waals surface area contributed by atoms with Crippen LogP contribution in [0.2, 0.25) is 0 Å². The second kappa shape index (κ2) is 4.85. The molecule has 0 fully saturated rings. The highest BCUT2D eigenvalue weighted by Gasteiger charge is 2.13. The second-order valence-corrected chi connectivity index (χ2v) is 5.77. The lowest BCUT2D eigenvalue weighted by Gasteiger charge is -2.15. The van der Waals surface area contributed by atoms with Crippen molar-refractivity contribution in [1.29, 1.82) is 0 Å². The molecule has 3 rings (SSSR count). The first kappa shape index (κ1) is 12.5. The number of halogens is 1. The monoisotopic (exact) mass is 363 g/mol. The number of rotatable bonds is 2. The number of benzene rings is 2. The molecule has 4 heteroatoms. The molecule has 0 amide bonds. The van der Waals surface area contributed by atoms with Gasteiger partial charge in [-0.1, -0.05) is 36.4 Å². The maximum atomic E-state index is 6.05. The Morgan fingerprint density at radius 3 is 2.58 bits per heavy atom. The van der Waals surface area contributed by atoms with Gasteiger partial charge in [-0.15, -0.1) is 0 Å². The summed E-state index contributed by atoms with van der Waals surface area (Å²) in [5.41, 5.74) is 7.26. The molecule has 0 spiro atoms. The normalized spacial score (nSPS) is 12.7. The molecule has 0 saturated carbocycles. The lowest BCUT2D eigenvalue weighted by Crippen LogP contribution is -2.11. The van der Waals surface area contributed by atoms with E-state index in [1.165, 1.54) is 16.3 Å². The number of nitrogen functional groups attached to an aromatic ring is 1. The van der Waals surface area contributed by atoms with Crippen LogP contribution in [0.25, 0.3) is 10.8 Å². The number of nitrogens with two attached hydrogens (primary N) is 1. The summed E-state index contributed by atoms with van der Waals surface area (Å²) >= 11 is 2.20. The van der Waals surface area contributed by atoms with Crippen molar-refractivity contribution in [3.8, 4) is 0 Å². The Bertz CT molecular complexity index is 733. The highest BCUT2D eigenvalue weighted by molar-refractivity contribution is 14.1. The quantitative estimate of drug-likeness (QED) is 0.704. The molecule has 0 radical (unpaired) electrons. The second-order valence-electron chi connectivity index (χ2n) is 4.60. The predicted molar refractivity (Wildman–Crippen MR) is 87.1 cm³/mol. The average Bonchev–Trinajstić information content (AvgIpc) is 2.78. The number of hydrogen-bond donors (Lipinski definition) is 1. The molecule has 1 atom stereocenters. The van der Waals surface area contributed by atoms with E-state index in [4.69, 9.17) is 5.73 Å². The van der Waals surface area contributed by atoms with Gasteiger partial charge in [0.25, 0.3) is 0 Å². The fourth-order valence-electron chi connectivity index (χ4n) is 2.27. The van der Waals surface area contributed by atoms with Gasteiger partial charge in [0.05, 0.1) is 15.8 Å². The third kappa shape index (κ3) is 2.20. The Labute approximate surface area is 125 Å². The molecule has 3 nitrogen and oxygen atoms in total. The highest BCUT2D eigenvalue weighted by Crippen LogP contribution is 2.26. The van der Waals surface area contributed by atoms with Crippen molar-refractivity contribution in [1.82, 2.24) is 9.78 Å². The van der Waals surface area contributed by atoms with Crippen LogP contribution in [0.4, 0.5) is 5.82 Å². The third-order valence-electron chi connectivity index (χ3n) is 3.41. The molecule has 1 aromatic heterocycles. The van der Waals surface area contributed by atoms with Crippen molar-refractivity contribution in [3.63, 3.8) is 0 Å². The van der Waals surface area contributed by atoms with E-state index in [9.17, 15) is 0 Å². The van der Waals surface area contributed by atoms with Crippen LogP contribution in [-0.2, 0) is 0 Å². The molecule has 0 bridgehead atoms. The number of hydrogen-bond acceptors (Lipinski definition) is 2. The van der Waals surface area contributed by atoms with Gasteiger partial charge in [0.2, 0.25) is 0 Å². The fraction of sp³-hybridized carbons (Fsp3) is 0.133. The molecule has 0 aliphatic carbocycles. The van der Waals surface area contributed by atoms with E-state index in [-0.39, 0.29) is 6.04 Å². The van der Waals surface area contributed by atoms with E-state index in [1.807, 2.05) is 4.68 Å². The molecular weight excluding hydrogens is 349 g/mol. The fourth-order valence-corrected chi connectivity index (χ4v) is 2.64. The SMILES string of the molecule is CC(c1ccc2ccccc2c1)n1ncc(I)c1N.